The molecule has 9 nitrogen and oxygen atoms in total. The molecule has 42 heavy (non-hydrogen) atoms. The molecule has 2 aromatic carbocycles. The Labute approximate surface area is 246 Å². The Morgan fingerprint density at radius 3 is 2.48 bits per heavy atom. The van der Waals surface area contributed by atoms with Crippen LogP contribution >= 0.6 is 0 Å². The minimum Gasteiger partial charge on any atom is -0.367 e. The van der Waals surface area contributed by atoms with Crippen molar-refractivity contribution in [2.24, 2.45) is 0 Å². The van der Waals surface area contributed by atoms with Crippen molar-refractivity contribution < 1.29 is 17.6 Å². The first kappa shape index (κ1) is 28.5. The van der Waals surface area contributed by atoms with Crippen molar-refractivity contribution in [3.8, 4) is 11.1 Å². The number of hydrogen-bond donors (Lipinski definition) is 1. The minimum atomic E-state index is -3.05. The average Bonchev–Trinajstić information content (AvgIpc) is 3.39. The lowest BCUT2D eigenvalue weighted by Gasteiger charge is -2.42. The molecule has 3 aliphatic rings. The van der Waals surface area contributed by atoms with Crippen molar-refractivity contribution in [1.82, 2.24) is 20.2 Å². The van der Waals surface area contributed by atoms with Crippen LogP contribution in [0.3, 0.4) is 0 Å². The number of nitrogens with zero attached hydrogens (tertiary/aromatic N) is 5. The summed E-state index contributed by atoms with van der Waals surface area (Å²) in [6.45, 7) is 5.86. The predicted octanol–water partition coefficient (Wildman–Crippen LogP) is 3.57. The zero-order chi connectivity index (χ0) is 29.4. The molecule has 2 saturated heterocycles. The Balaban J connectivity index is 1.13. The summed E-state index contributed by atoms with van der Waals surface area (Å²) in [5, 5.41) is 3.15. The summed E-state index contributed by atoms with van der Waals surface area (Å²) < 4.78 is 38.3. The molecular weight excluding hydrogens is 555 g/mol. The average molecular weight is 593 g/mol. The van der Waals surface area contributed by atoms with E-state index >= 15 is 0 Å². The van der Waals surface area contributed by atoms with Crippen LogP contribution < -0.4 is 15.1 Å². The van der Waals surface area contributed by atoms with E-state index in [4.69, 9.17) is 0 Å². The van der Waals surface area contributed by atoms with Crippen molar-refractivity contribution in [1.29, 1.82) is 0 Å². The van der Waals surface area contributed by atoms with Crippen LogP contribution in [0.15, 0.2) is 54.9 Å². The highest BCUT2D eigenvalue weighted by Crippen LogP contribution is 2.34. The van der Waals surface area contributed by atoms with Gasteiger partial charge < -0.3 is 20.0 Å². The first-order valence-corrected chi connectivity index (χ1v) is 16.5. The number of sulfone groups is 1. The van der Waals surface area contributed by atoms with Crippen LogP contribution in [-0.4, -0.2) is 79.5 Å². The first-order valence-electron chi connectivity index (χ1n) is 14.6. The molecule has 2 atom stereocenters. The van der Waals surface area contributed by atoms with E-state index in [9.17, 15) is 17.6 Å². The van der Waals surface area contributed by atoms with Crippen molar-refractivity contribution in [2.45, 2.75) is 50.1 Å². The molecule has 1 amide bonds. The summed E-state index contributed by atoms with van der Waals surface area (Å²) in [5.41, 5.74) is 4.75. The number of amides is 1. The van der Waals surface area contributed by atoms with Gasteiger partial charge in [0.25, 0.3) is 0 Å². The van der Waals surface area contributed by atoms with Gasteiger partial charge in [0.2, 0.25) is 11.9 Å². The zero-order valence-electron chi connectivity index (χ0n) is 24.0. The second-order valence-corrected chi connectivity index (χ2v) is 14.0. The molecule has 2 fully saturated rings. The Morgan fingerprint density at radius 2 is 1.76 bits per heavy atom. The van der Waals surface area contributed by atoms with Gasteiger partial charge in [-0.1, -0.05) is 24.3 Å². The van der Waals surface area contributed by atoms with Crippen LogP contribution in [0.4, 0.5) is 16.0 Å². The number of aromatic nitrogens is 2. The van der Waals surface area contributed by atoms with Gasteiger partial charge in [-0.15, -0.1) is 0 Å². The largest absolute Gasteiger partial charge is 0.367 e. The maximum absolute atomic E-state index is 14.5. The molecule has 0 spiro atoms. The van der Waals surface area contributed by atoms with Gasteiger partial charge >= 0.3 is 0 Å². The number of rotatable bonds is 6. The lowest BCUT2D eigenvalue weighted by atomic mass is 10.0. The molecule has 6 rings (SSSR count). The normalized spacial score (nSPS) is 21.5. The molecular formula is C31H37FN6O3S. The van der Waals surface area contributed by atoms with Gasteiger partial charge in [-0.2, -0.15) is 0 Å². The summed E-state index contributed by atoms with van der Waals surface area (Å²) >= 11 is 0. The predicted molar refractivity (Wildman–Crippen MR) is 162 cm³/mol. The van der Waals surface area contributed by atoms with E-state index in [-0.39, 0.29) is 29.1 Å². The van der Waals surface area contributed by atoms with Gasteiger partial charge in [0.05, 0.1) is 5.25 Å². The summed E-state index contributed by atoms with van der Waals surface area (Å²) in [6, 6.07) is 13.1. The molecule has 0 saturated carbocycles. The number of nitrogens with one attached hydrogen (secondary N) is 1. The van der Waals surface area contributed by atoms with Gasteiger partial charge in [0.15, 0.2) is 0 Å². The molecule has 0 aliphatic carbocycles. The van der Waals surface area contributed by atoms with E-state index in [1.54, 1.807) is 18.5 Å². The highest BCUT2D eigenvalue weighted by molar-refractivity contribution is 7.91. The van der Waals surface area contributed by atoms with Crippen LogP contribution in [0.5, 0.6) is 0 Å². The van der Waals surface area contributed by atoms with Crippen LogP contribution in [0, 0.1) is 5.82 Å². The zero-order valence-corrected chi connectivity index (χ0v) is 24.9. The summed E-state index contributed by atoms with van der Waals surface area (Å²) in [5.74, 6) is 0.343. The molecule has 3 aliphatic heterocycles. The van der Waals surface area contributed by atoms with E-state index in [2.05, 4.69) is 39.2 Å². The molecule has 3 aromatic rings. The molecule has 0 bridgehead atoms. The van der Waals surface area contributed by atoms with Crippen molar-refractivity contribution in [3.05, 3.63) is 71.8 Å². The Bertz CT molecular complexity index is 1560. The van der Waals surface area contributed by atoms with Gasteiger partial charge in [0, 0.05) is 93.2 Å². The number of benzene rings is 2. The van der Waals surface area contributed by atoms with Gasteiger partial charge in [-0.25, -0.2) is 22.8 Å². The Hall–Kier alpha value is -3.57. The number of fused-ring (bicyclic) bond motifs is 1. The lowest BCUT2D eigenvalue weighted by molar-refractivity contribution is -0.134. The molecule has 4 heterocycles. The van der Waals surface area contributed by atoms with Crippen molar-refractivity contribution >= 4 is 27.4 Å². The van der Waals surface area contributed by atoms with E-state index < -0.39 is 9.84 Å². The fourth-order valence-electron chi connectivity index (χ4n) is 6.52. The molecule has 1 aromatic heterocycles. The number of carbonyl (C=O) groups is 1. The topological polar surface area (TPSA) is 98.7 Å². The number of carbonyl (C=O) groups excluding carboxylic acids is 1. The Kier molecular flexibility index (Phi) is 7.89. The number of halogens is 1. The second kappa shape index (κ2) is 11.6. The van der Waals surface area contributed by atoms with Gasteiger partial charge in [0.1, 0.15) is 15.7 Å². The highest BCUT2D eigenvalue weighted by atomic mass is 32.2. The summed E-state index contributed by atoms with van der Waals surface area (Å²) in [7, 11) is -3.05. The SMILES string of the molecule is CC1CN(c2ccc(F)cc2-c2cnc(N3CCC(S(C)(=O)=O)CC3)nc2)CCN1C(=O)CC1NCc2ccccc21. The van der Waals surface area contributed by atoms with Gasteiger partial charge in [-0.05, 0) is 49.1 Å². The number of piperazine rings is 1. The fraction of sp³-hybridized carbons (Fsp3) is 0.452. The van der Waals surface area contributed by atoms with E-state index in [0.717, 1.165) is 12.2 Å². The minimum absolute atomic E-state index is 0.00529. The summed E-state index contributed by atoms with van der Waals surface area (Å²) in [4.78, 5) is 28.6. The van der Waals surface area contributed by atoms with Crippen molar-refractivity contribution in [3.63, 3.8) is 0 Å². The highest BCUT2D eigenvalue weighted by Gasteiger charge is 2.32. The quantitative estimate of drug-likeness (QED) is 0.464. The third kappa shape index (κ3) is 5.85. The van der Waals surface area contributed by atoms with E-state index in [0.29, 0.717) is 69.1 Å². The number of hydrogen-bond acceptors (Lipinski definition) is 8. The molecule has 0 radical (unpaired) electrons. The number of anilines is 2. The van der Waals surface area contributed by atoms with Crippen LogP contribution in [0.25, 0.3) is 11.1 Å². The summed E-state index contributed by atoms with van der Waals surface area (Å²) in [6.07, 6.45) is 6.24. The maximum atomic E-state index is 14.5. The van der Waals surface area contributed by atoms with Crippen molar-refractivity contribution in [2.75, 3.05) is 48.8 Å². The molecule has 1 N–H and O–H groups in total. The molecule has 2 unspecified atom stereocenters. The number of piperidine rings is 1. The monoisotopic (exact) mass is 592 g/mol. The lowest BCUT2D eigenvalue weighted by Crippen LogP contribution is -2.54. The van der Waals surface area contributed by atoms with Gasteiger partial charge in [-0.3, -0.25) is 4.79 Å². The fourth-order valence-corrected chi connectivity index (χ4v) is 7.59. The Morgan fingerprint density at radius 1 is 1.02 bits per heavy atom. The first-order chi connectivity index (χ1) is 20.2. The maximum Gasteiger partial charge on any atom is 0.225 e. The third-order valence-corrected chi connectivity index (χ3v) is 10.6. The van der Waals surface area contributed by atoms with Crippen LogP contribution in [0.2, 0.25) is 0 Å². The second-order valence-electron chi connectivity index (χ2n) is 11.7. The third-order valence-electron chi connectivity index (χ3n) is 8.87. The smallest absolute Gasteiger partial charge is 0.225 e. The molecule has 11 heteroatoms. The van der Waals surface area contributed by atoms with Crippen LogP contribution in [-0.2, 0) is 21.2 Å². The van der Waals surface area contributed by atoms with Crippen LogP contribution in [0.1, 0.15) is 43.4 Å². The van der Waals surface area contributed by atoms with E-state index in [1.165, 1.54) is 29.5 Å². The van der Waals surface area contributed by atoms with E-state index in [1.807, 2.05) is 21.9 Å². The molecule has 222 valence electrons. The standard InChI is InChI=1S/C31H37FN6O3S/c1-21-20-37(13-14-38(21)30(39)16-28-26-6-4-3-5-22(26)17-33-28)29-8-7-24(32)15-27(29)23-18-34-31(35-19-23)36-11-9-25(10-12-36)42(2,40)41/h3-8,15,18-19,21,25,28,33H,9-14,16-17,20H2,1-2H3.